The van der Waals surface area contributed by atoms with Crippen molar-refractivity contribution in [3.05, 3.63) is 30.4 Å². The molecule has 0 amide bonds. The van der Waals surface area contributed by atoms with Crippen molar-refractivity contribution in [1.82, 2.24) is 9.97 Å². The van der Waals surface area contributed by atoms with Crippen molar-refractivity contribution in [2.45, 2.75) is 6.92 Å². The van der Waals surface area contributed by atoms with Crippen LogP contribution in [0.3, 0.4) is 0 Å². The van der Waals surface area contributed by atoms with Gasteiger partial charge in [0.15, 0.2) is 11.7 Å². The molecule has 0 spiro atoms. The molecule has 0 saturated heterocycles. The number of hydrogen-bond donors (Lipinski definition) is 1. The quantitative estimate of drug-likeness (QED) is 0.715. The molecular formula is C9H9N3O. The van der Waals surface area contributed by atoms with Crippen molar-refractivity contribution in [3.63, 3.8) is 0 Å². The Morgan fingerprint density at radius 3 is 2.62 bits per heavy atom. The molecule has 0 aliphatic rings. The van der Waals surface area contributed by atoms with Gasteiger partial charge in [0, 0.05) is 6.92 Å². The zero-order chi connectivity index (χ0) is 9.26. The maximum Gasteiger partial charge on any atom is 0.191 e. The predicted octanol–water partition coefficient (Wildman–Crippen LogP) is 1.63. The summed E-state index contributed by atoms with van der Waals surface area (Å²) in [5.41, 5.74) is 6.89. The molecule has 0 bridgehead atoms. The number of nitrogens with two attached hydrogens (primary N) is 1. The Hall–Kier alpha value is -1.84. The number of nitrogen functional groups attached to an aromatic ring is 1. The highest BCUT2D eigenvalue weighted by Crippen LogP contribution is 2.17. The van der Waals surface area contributed by atoms with E-state index in [1.165, 1.54) is 0 Å². The number of rotatable bonds is 1. The highest BCUT2D eigenvalue weighted by molar-refractivity contribution is 5.53. The second-order valence-electron chi connectivity index (χ2n) is 2.72. The molecule has 2 heterocycles. The second-order valence-corrected chi connectivity index (χ2v) is 2.72. The number of oxazole rings is 1. The van der Waals surface area contributed by atoms with E-state index in [0.29, 0.717) is 17.3 Å². The van der Waals surface area contributed by atoms with Crippen LogP contribution in [0.25, 0.3) is 11.5 Å². The van der Waals surface area contributed by atoms with Gasteiger partial charge in [-0.25, -0.2) is 4.98 Å². The third kappa shape index (κ3) is 1.51. The smallest absolute Gasteiger partial charge is 0.191 e. The maximum atomic E-state index is 5.50. The van der Waals surface area contributed by atoms with Crippen LogP contribution in [-0.2, 0) is 0 Å². The Labute approximate surface area is 75.4 Å². The molecule has 0 atom stereocenters. The van der Waals surface area contributed by atoms with Crippen LogP contribution >= 0.6 is 0 Å². The highest BCUT2D eigenvalue weighted by atomic mass is 16.4. The standard InChI is InChI=1S/C9H9N3O/c1-6-11-5-9(13-6)8-3-2-7(10)4-12-8/h2-5H,10H2,1H3. The molecule has 0 aromatic carbocycles. The Balaban J connectivity index is 2.41. The van der Waals surface area contributed by atoms with Crippen molar-refractivity contribution >= 4 is 5.69 Å². The summed E-state index contributed by atoms with van der Waals surface area (Å²) in [6.07, 6.45) is 3.24. The number of aryl methyl sites for hydroxylation is 1. The van der Waals surface area contributed by atoms with Gasteiger partial charge in [-0.1, -0.05) is 0 Å². The van der Waals surface area contributed by atoms with Crippen LogP contribution in [0.4, 0.5) is 5.69 Å². The van der Waals surface area contributed by atoms with Crippen LogP contribution in [-0.4, -0.2) is 9.97 Å². The fraction of sp³-hybridized carbons (Fsp3) is 0.111. The minimum absolute atomic E-state index is 0.633. The summed E-state index contributed by atoms with van der Waals surface area (Å²) in [4.78, 5) is 8.08. The first kappa shape index (κ1) is 7.79. The van der Waals surface area contributed by atoms with E-state index in [1.54, 1.807) is 31.5 Å². The Morgan fingerprint density at radius 1 is 1.23 bits per heavy atom. The van der Waals surface area contributed by atoms with Gasteiger partial charge in [-0.05, 0) is 12.1 Å². The van der Waals surface area contributed by atoms with Crippen LogP contribution in [0.5, 0.6) is 0 Å². The number of hydrogen-bond acceptors (Lipinski definition) is 4. The first-order valence-electron chi connectivity index (χ1n) is 3.90. The summed E-state index contributed by atoms with van der Waals surface area (Å²) >= 11 is 0. The summed E-state index contributed by atoms with van der Waals surface area (Å²) in [5.74, 6) is 1.30. The molecule has 2 aromatic heterocycles. The molecule has 2 aromatic rings. The third-order valence-electron chi connectivity index (χ3n) is 1.66. The molecule has 0 saturated carbocycles. The minimum Gasteiger partial charge on any atom is -0.439 e. The average Bonchev–Trinajstić information content (AvgIpc) is 2.53. The lowest BCUT2D eigenvalue weighted by Gasteiger charge is -1.94. The predicted molar refractivity (Wildman–Crippen MR) is 48.9 cm³/mol. The van der Waals surface area contributed by atoms with Crippen LogP contribution in [0.15, 0.2) is 28.9 Å². The monoisotopic (exact) mass is 175 g/mol. The molecule has 4 nitrogen and oxygen atoms in total. The molecule has 2 rings (SSSR count). The first-order valence-corrected chi connectivity index (χ1v) is 3.90. The molecule has 66 valence electrons. The summed E-state index contributed by atoms with van der Waals surface area (Å²) < 4.78 is 5.29. The zero-order valence-corrected chi connectivity index (χ0v) is 7.19. The number of nitrogens with zero attached hydrogens (tertiary/aromatic N) is 2. The lowest BCUT2D eigenvalue weighted by atomic mass is 10.3. The molecule has 13 heavy (non-hydrogen) atoms. The normalized spacial score (nSPS) is 10.2. The van der Waals surface area contributed by atoms with Gasteiger partial charge in [-0.2, -0.15) is 0 Å². The fourth-order valence-corrected chi connectivity index (χ4v) is 1.03. The molecule has 0 unspecified atom stereocenters. The average molecular weight is 175 g/mol. The van der Waals surface area contributed by atoms with Crippen LogP contribution < -0.4 is 5.73 Å². The van der Waals surface area contributed by atoms with Gasteiger partial charge >= 0.3 is 0 Å². The van der Waals surface area contributed by atoms with Gasteiger partial charge in [0.05, 0.1) is 18.1 Å². The van der Waals surface area contributed by atoms with Gasteiger partial charge in [-0.3, -0.25) is 4.98 Å². The fourth-order valence-electron chi connectivity index (χ4n) is 1.03. The lowest BCUT2D eigenvalue weighted by molar-refractivity contribution is 0.532. The largest absolute Gasteiger partial charge is 0.439 e. The number of anilines is 1. The van der Waals surface area contributed by atoms with Crippen molar-refractivity contribution in [1.29, 1.82) is 0 Å². The third-order valence-corrected chi connectivity index (χ3v) is 1.66. The molecule has 0 radical (unpaired) electrons. The molecule has 4 heteroatoms. The molecule has 0 aliphatic carbocycles. The van der Waals surface area contributed by atoms with E-state index in [1.807, 2.05) is 0 Å². The lowest BCUT2D eigenvalue weighted by Crippen LogP contribution is -1.86. The number of aromatic nitrogens is 2. The molecular weight excluding hydrogens is 166 g/mol. The van der Waals surface area contributed by atoms with Crippen molar-refractivity contribution < 1.29 is 4.42 Å². The molecule has 2 N–H and O–H groups in total. The Kier molecular flexibility index (Phi) is 1.73. The van der Waals surface area contributed by atoms with E-state index in [2.05, 4.69) is 9.97 Å². The first-order chi connectivity index (χ1) is 6.25. The topological polar surface area (TPSA) is 64.9 Å². The minimum atomic E-state index is 0.633. The zero-order valence-electron chi connectivity index (χ0n) is 7.19. The van der Waals surface area contributed by atoms with E-state index in [0.717, 1.165) is 5.69 Å². The van der Waals surface area contributed by atoms with Crippen LogP contribution in [0.2, 0.25) is 0 Å². The molecule has 0 fully saturated rings. The van der Waals surface area contributed by atoms with Gasteiger partial charge in [-0.15, -0.1) is 0 Å². The van der Waals surface area contributed by atoms with Gasteiger partial charge in [0.1, 0.15) is 5.69 Å². The second kappa shape index (κ2) is 2.90. The Morgan fingerprint density at radius 2 is 2.08 bits per heavy atom. The van der Waals surface area contributed by atoms with Gasteiger partial charge < -0.3 is 10.2 Å². The van der Waals surface area contributed by atoms with E-state index >= 15 is 0 Å². The number of pyridine rings is 1. The Bertz CT molecular complexity index is 405. The summed E-state index contributed by atoms with van der Waals surface area (Å²) in [7, 11) is 0. The summed E-state index contributed by atoms with van der Waals surface area (Å²) in [6.45, 7) is 1.79. The van der Waals surface area contributed by atoms with E-state index in [-0.39, 0.29) is 0 Å². The van der Waals surface area contributed by atoms with Gasteiger partial charge in [0.2, 0.25) is 0 Å². The van der Waals surface area contributed by atoms with E-state index < -0.39 is 0 Å². The maximum absolute atomic E-state index is 5.50. The van der Waals surface area contributed by atoms with Crippen LogP contribution in [0, 0.1) is 6.92 Å². The van der Waals surface area contributed by atoms with Crippen LogP contribution in [0.1, 0.15) is 5.89 Å². The van der Waals surface area contributed by atoms with Crippen molar-refractivity contribution in [2.75, 3.05) is 5.73 Å². The van der Waals surface area contributed by atoms with Crippen molar-refractivity contribution in [2.24, 2.45) is 0 Å². The molecule has 0 aliphatic heterocycles. The highest BCUT2D eigenvalue weighted by Gasteiger charge is 2.03. The van der Waals surface area contributed by atoms with Crippen molar-refractivity contribution in [3.8, 4) is 11.5 Å². The summed E-state index contributed by atoms with van der Waals surface area (Å²) in [5, 5.41) is 0. The summed E-state index contributed by atoms with van der Waals surface area (Å²) in [6, 6.07) is 3.58. The van der Waals surface area contributed by atoms with Gasteiger partial charge in [0.25, 0.3) is 0 Å². The SMILES string of the molecule is Cc1ncc(-c2ccc(N)cn2)o1. The van der Waals surface area contributed by atoms with E-state index in [4.69, 9.17) is 10.2 Å². The van der Waals surface area contributed by atoms with E-state index in [9.17, 15) is 0 Å².